The third-order valence-electron chi connectivity index (χ3n) is 2.90. The summed E-state index contributed by atoms with van der Waals surface area (Å²) in [6, 6.07) is 8.05. The first kappa shape index (κ1) is 14.4. The minimum absolute atomic E-state index is 0.471. The van der Waals surface area contributed by atoms with Crippen molar-refractivity contribution in [1.29, 1.82) is 0 Å². The quantitative estimate of drug-likeness (QED) is 0.457. The molecule has 0 N–H and O–H groups in total. The van der Waals surface area contributed by atoms with Gasteiger partial charge in [0, 0.05) is 19.2 Å². The van der Waals surface area contributed by atoms with Gasteiger partial charge in [0.2, 0.25) is 0 Å². The molecule has 0 spiro atoms. The Bertz CT molecular complexity index is 801. The molecular weight excluding hydrogens is 423 g/mol. The van der Waals surface area contributed by atoms with Crippen LogP contribution in [0.4, 0.5) is 0 Å². The van der Waals surface area contributed by atoms with E-state index in [9.17, 15) is 0 Å². The lowest BCUT2D eigenvalue weighted by Crippen LogP contribution is -1.91. The number of hydrogen-bond donors (Lipinski definition) is 0. The number of fused-ring (bicyclic) bond motifs is 1. The van der Waals surface area contributed by atoms with Gasteiger partial charge in [0.1, 0.15) is 5.15 Å². The summed E-state index contributed by atoms with van der Waals surface area (Å²) in [7, 11) is 0. The molecule has 2 aromatic heterocycles. The highest BCUT2D eigenvalue weighted by atomic mass is 79.9. The van der Waals surface area contributed by atoms with Gasteiger partial charge in [0.05, 0.1) is 10.4 Å². The van der Waals surface area contributed by atoms with Gasteiger partial charge >= 0.3 is 0 Å². The van der Waals surface area contributed by atoms with E-state index in [4.69, 9.17) is 11.6 Å². The van der Waals surface area contributed by atoms with Crippen molar-refractivity contribution < 1.29 is 0 Å². The molecule has 0 radical (unpaired) electrons. The van der Waals surface area contributed by atoms with Crippen molar-refractivity contribution in [2.24, 2.45) is 0 Å². The number of aryl methyl sites for hydroxylation is 1. The van der Waals surface area contributed by atoms with E-state index < -0.39 is 0 Å². The lowest BCUT2D eigenvalue weighted by atomic mass is 10.2. The molecule has 0 unspecified atom stereocenters. The van der Waals surface area contributed by atoms with Gasteiger partial charge in [0.25, 0.3) is 0 Å². The van der Waals surface area contributed by atoms with Crippen LogP contribution >= 0.6 is 54.8 Å². The first-order chi connectivity index (χ1) is 9.58. The van der Waals surface area contributed by atoms with Gasteiger partial charge in [0.15, 0.2) is 5.82 Å². The van der Waals surface area contributed by atoms with E-state index in [1.54, 1.807) is 11.3 Å². The fourth-order valence-electron chi connectivity index (χ4n) is 1.92. The molecule has 20 heavy (non-hydrogen) atoms. The fraction of sp³-hybridized carbons (Fsp3) is 0.143. The SMILES string of the molecule is CCc1ccc(-c2nc(Cl)c3cc(Br)cc(Br)c3n2)s1. The summed E-state index contributed by atoms with van der Waals surface area (Å²) in [5.74, 6) is 0.676. The monoisotopic (exact) mass is 430 g/mol. The topological polar surface area (TPSA) is 25.8 Å². The normalized spacial score (nSPS) is 11.2. The fourth-order valence-corrected chi connectivity index (χ4v) is 4.34. The molecule has 0 amide bonds. The zero-order valence-electron chi connectivity index (χ0n) is 10.5. The van der Waals surface area contributed by atoms with Crippen LogP contribution in [-0.2, 0) is 6.42 Å². The van der Waals surface area contributed by atoms with Crippen molar-refractivity contribution in [3.63, 3.8) is 0 Å². The van der Waals surface area contributed by atoms with Gasteiger partial charge in [-0.1, -0.05) is 34.5 Å². The maximum Gasteiger partial charge on any atom is 0.171 e. The van der Waals surface area contributed by atoms with Crippen LogP contribution in [0, 0.1) is 0 Å². The van der Waals surface area contributed by atoms with Gasteiger partial charge in [-0.25, -0.2) is 9.97 Å². The van der Waals surface area contributed by atoms with Gasteiger partial charge in [-0.15, -0.1) is 11.3 Å². The van der Waals surface area contributed by atoms with E-state index in [0.717, 1.165) is 31.1 Å². The summed E-state index contributed by atoms with van der Waals surface area (Å²) in [6.45, 7) is 2.14. The highest BCUT2D eigenvalue weighted by Gasteiger charge is 2.12. The predicted molar refractivity (Wildman–Crippen MR) is 92.6 cm³/mol. The molecule has 6 heteroatoms. The van der Waals surface area contributed by atoms with Crippen molar-refractivity contribution in [1.82, 2.24) is 9.97 Å². The largest absolute Gasteiger partial charge is 0.226 e. The number of rotatable bonds is 2. The molecule has 2 heterocycles. The number of halogens is 3. The molecule has 0 aliphatic heterocycles. The lowest BCUT2D eigenvalue weighted by Gasteiger charge is -2.05. The number of aromatic nitrogens is 2. The molecule has 0 saturated carbocycles. The Labute approximate surface area is 142 Å². The van der Waals surface area contributed by atoms with E-state index in [-0.39, 0.29) is 0 Å². The van der Waals surface area contributed by atoms with E-state index in [0.29, 0.717) is 11.0 Å². The molecular formula is C14H9Br2ClN2S. The second-order valence-corrected chi connectivity index (χ2v) is 7.54. The van der Waals surface area contributed by atoms with E-state index >= 15 is 0 Å². The van der Waals surface area contributed by atoms with Crippen LogP contribution in [-0.4, -0.2) is 9.97 Å². The smallest absolute Gasteiger partial charge is 0.171 e. The second kappa shape index (κ2) is 5.72. The minimum atomic E-state index is 0.471. The van der Waals surface area contributed by atoms with Crippen LogP contribution in [0.25, 0.3) is 21.6 Å². The highest BCUT2D eigenvalue weighted by molar-refractivity contribution is 9.11. The van der Waals surface area contributed by atoms with E-state index in [1.165, 1.54) is 4.88 Å². The summed E-state index contributed by atoms with van der Waals surface area (Å²) >= 11 is 15.0. The van der Waals surface area contributed by atoms with Crippen LogP contribution in [0.1, 0.15) is 11.8 Å². The minimum Gasteiger partial charge on any atom is -0.226 e. The Morgan fingerprint density at radius 3 is 2.70 bits per heavy atom. The molecule has 2 nitrogen and oxygen atoms in total. The Balaban J connectivity index is 2.23. The Morgan fingerprint density at radius 2 is 2.00 bits per heavy atom. The molecule has 3 aromatic rings. The summed E-state index contributed by atoms with van der Waals surface area (Å²) in [5.41, 5.74) is 0.828. The average molecular weight is 433 g/mol. The van der Waals surface area contributed by atoms with Gasteiger partial charge in [-0.05, 0) is 46.6 Å². The first-order valence-corrected chi connectivity index (χ1v) is 8.78. The van der Waals surface area contributed by atoms with Gasteiger partial charge in [-0.3, -0.25) is 0 Å². The van der Waals surface area contributed by atoms with Gasteiger partial charge < -0.3 is 0 Å². The highest BCUT2D eigenvalue weighted by Crippen LogP contribution is 2.34. The summed E-state index contributed by atoms with van der Waals surface area (Å²) in [6.07, 6.45) is 1.02. The van der Waals surface area contributed by atoms with Crippen LogP contribution in [0.3, 0.4) is 0 Å². The third-order valence-corrected chi connectivity index (χ3v) is 5.48. The van der Waals surface area contributed by atoms with Crippen LogP contribution in [0.15, 0.2) is 33.2 Å². The molecule has 0 saturated heterocycles. The average Bonchev–Trinajstić information content (AvgIpc) is 2.88. The number of benzene rings is 1. The van der Waals surface area contributed by atoms with Crippen molar-refractivity contribution in [2.45, 2.75) is 13.3 Å². The Morgan fingerprint density at radius 1 is 1.20 bits per heavy atom. The number of nitrogens with zero attached hydrogens (tertiary/aromatic N) is 2. The van der Waals surface area contributed by atoms with Crippen molar-refractivity contribution in [3.05, 3.63) is 43.2 Å². The predicted octanol–water partition coefficient (Wildman–Crippen LogP) is 6.10. The molecule has 102 valence electrons. The zero-order valence-corrected chi connectivity index (χ0v) is 15.2. The Hall–Kier alpha value is -0.490. The van der Waals surface area contributed by atoms with E-state index in [1.807, 2.05) is 18.2 Å². The maximum absolute atomic E-state index is 6.31. The van der Waals surface area contributed by atoms with Crippen molar-refractivity contribution >= 4 is 65.7 Å². The number of thiophene rings is 1. The molecule has 0 fully saturated rings. The molecule has 0 bridgehead atoms. The standard InChI is InChI=1S/C14H9Br2ClN2S/c1-2-8-3-4-11(20-8)14-18-12-9(13(17)19-14)5-7(15)6-10(12)16/h3-6H,2H2,1H3. The van der Waals surface area contributed by atoms with Crippen LogP contribution < -0.4 is 0 Å². The molecule has 3 rings (SSSR count). The van der Waals surface area contributed by atoms with Crippen LogP contribution in [0.2, 0.25) is 5.15 Å². The number of hydrogen-bond acceptors (Lipinski definition) is 3. The second-order valence-electron chi connectivity index (χ2n) is 4.24. The van der Waals surface area contributed by atoms with Crippen molar-refractivity contribution in [3.8, 4) is 10.7 Å². The molecule has 0 aliphatic carbocycles. The zero-order chi connectivity index (χ0) is 14.3. The molecule has 1 aromatic carbocycles. The lowest BCUT2D eigenvalue weighted by molar-refractivity contribution is 1.19. The van der Waals surface area contributed by atoms with E-state index in [2.05, 4.69) is 54.8 Å². The van der Waals surface area contributed by atoms with Gasteiger partial charge in [-0.2, -0.15) is 0 Å². The molecule has 0 aliphatic rings. The van der Waals surface area contributed by atoms with Crippen LogP contribution in [0.5, 0.6) is 0 Å². The third kappa shape index (κ3) is 2.64. The van der Waals surface area contributed by atoms with Crippen molar-refractivity contribution in [2.75, 3.05) is 0 Å². The molecule has 0 atom stereocenters. The summed E-state index contributed by atoms with van der Waals surface area (Å²) < 4.78 is 1.85. The summed E-state index contributed by atoms with van der Waals surface area (Å²) in [4.78, 5) is 11.4. The first-order valence-electron chi connectivity index (χ1n) is 6.00. The maximum atomic E-state index is 6.31. The Kier molecular flexibility index (Phi) is 4.13. The summed E-state index contributed by atoms with van der Waals surface area (Å²) in [5, 5.41) is 1.31.